The van der Waals surface area contributed by atoms with Gasteiger partial charge in [0.05, 0.1) is 6.54 Å². The van der Waals surface area contributed by atoms with Crippen LogP contribution in [0.4, 0.5) is 17.6 Å². The lowest BCUT2D eigenvalue weighted by atomic mass is 9.99. The van der Waals surface area contributed by atoms with Crippen LogP contribution in [-0.2, 0) is 4.79 Å². The van der Waals surface area contributed by atoms with Gasteiger partial charge in [0.2, 0.25) is 0 Å². The first kappa shape index (κ1) is 11.3. The highest BCUT2D eigenvalue weighted by Gasteiger charge is 2.44. The Bertz CT molecular complexity index is 218. The molecule has 1 saturated heterocycles. The molecule has 1 aliphatic heterocycles. The van der Waals surface area contributed by atoms with E-state index in [9.17, 15) is 22.4 Å². The van der Waals surface area contributed by atoms with Crippen LogP contribution in [0.3, 0.4) is 0 Å². The summed E-state index contributed by atoms with van der Waals surface area (Å²) in [4.78, 5) is 11.3. The van der Waals surface area contributed by atoms with E-state index in [0.717, 1.165) is 0 Å². The van der Waals surface area contributed by atoms with Crippen LogP contribution < -0.4 is 0 Å². The van der Waals surface area contributed by atoms with Crippen LogP contribution in [-0.4, -0.2) is 36.2 Å². The maximum atomic E-state index is 12.9. The summed E-state index contributed by atoms with van der Waals surface area (Å²) in [5.41, 5.74) is 0. The van der Waals surface area contributed by atoms with Crippen LogP contribution in [0.2, 0.25) is 0 Å². The quantitative estimate of drug-likeness (QED) is 0.561. The van der Waals surface area contributed by atoms with Crippen molar-refractivity contribution < 1.29 is 22.4 Å². The fraction of sp³-hybridized carbons (Fsp3) is 0.875. The minimum Gasteiger partial charge on any atom is -0.332 e. The zero-order chi connectivity index (χ0) is 10.9. The molecule has 1 aliphatic rings. The molecule has 0 saturated carbocycles. The number of alkyl halides is 4. The number of halogens is 4. The second-order valence-electron chi connectivity index (χ2n) is 3.65. The van der Waals surface area contributed by atoms with Crippen molar-refractivity contribution in [3.8, 4) is 0 Å². The molecule has 2 nitrogen and oxygen atoms in total. The maximum Gasteiger partial charge on any atom is 0.471 e. The number of likely N-dealkylation sites (tertiary alicyclic amines) is 1. The number of amides is 1. The van der Waals surface area contributed by atoms with Gasteiger partial charge in [0.25, 0.3) is 0 Å². The fourth-order valence-electron chi connectivity index (χ4n) is 1.62. The van der Waals surface area contributed by atoms with Gasteiger partial charge in [-0.3, -0.25) is 4.79 Å². The van der Waals surface area contributed by atoms with Gasteiger partial charge in [-0.25, -0.2) is 4.39 Å². The molecule has 6 heteroatoms. The predicted octanol–water partition coefficient (Wildman–Crippen LogP) is 1.76. The largest absolute Gasteiger partial charge is 0.471 e. The van der Waals surface area contributed by atoms with Crippen molar-refractivity contribution in [1.29, 1.82) is 0 Å². The van der Waals surface area contributed by atoms with Gasteiger partial charge < -0.3 is 4.90 Å². The number of rotatable bonds is 0. The Morgan fingerprint density at radius 3 is 2.36 bits per heavy atom. The number of hydrogen-bond acceptors (Lipinski definition) is 1. The van der Waals surface area contributed by atoms with Crippen molar-refractivity contribution in [1.82, 2.24) is 4.90 Å². The van der Waals surface area contributed by atoms with E-state index in [4.69, 9.17) is 0 Å². The SMILES string of the molecule is CC1CC(F)CN(C(=O)C(F)(F)F)C1. The summed E-state index contributed by atoms with van der Waals surface area (Å²) in [5, 5.41) is 0. The lowest BCUT2D eigenvalue weighted by Crippen LogP contribution is -2.49. The molecule has 0 aromatic carbocycles. The Morgan fingerprint density at radius 1 is 1.36 bits per heavy atom. The van der Waals surface area contributed by atoms with Crippen LogP contribution in [0.5, 0.6) is 0 Å². The van der Waals surface area contributed by atoms with E-state index in [1.807, 2.05) is 0 Å². The van der Waals surface area contributed by atoms with E-state index in [2.05, 4.69) is 0 Å². The average Bonchev–Trinajstić information content (AvgIpc) is 1.99. The average molecular weight is 213 g/mol. The Morgan fingerprint density at radius 2 is 1.93 bits per heavy atom. The monoisotopic (exact) mass is 213 g/mol. The van der Waals surface area contributed by atoms with E-state index < -0.39 is 24.8 Å². The van der Waals surface area contributed by atoms with Gasteiger partial charge >= 0.3 is 12.1 Å². The second-order valence-corrected chi connectivity index (χ2v) is 3.65. The molecule has 0 aromatic rings. The molecule has 1 rings (SSSR count). The summed E-state index contributed by atoms with van der Waals surface area (Å²) >= 11 is 0. The molecule has 14 heavy (non-hydrogen) atoms. The van der Waals surface area contributed by atoms with Gasteiger partial charge in [-0.05, 0) is 12.3 Å². The lowest BCUT2D eigenvalue weighted by Gasteiger charge is -2.33. The van der Waals surface area contributed by atoms with Gasteiger partial charge in [0.15, 0.2) is 0 Å². The number of carbonyl (C=O) groups excluding carboxylic acids is 1. The molecular weight excluding hydrogens is 202 g/mol. The Balaban J connectivity index is 2.64. The van der Waals surface area contributed by atoms with Crippen molar-refractivity contribution in [3.05, 3.63) is 0 Å². The molecule has 0 aromatic heterocycles. The van der Waals surface area contributed by atoms with E-state index in [-0.39, 0.29) is 18.9 Å². The van der Waals surface area contributed by atoms with Crippen molar-refractivity contribution in [2.24, 2.45) is 5.92 Å². The van der Waals surface area contributed by atoms with Gasteiger partial charge in [-0.15, -0.1) is 0 Å². The molecule has 0 N–H and O–H groups in total. The first-order chi connectivity index (χ1) is 6.30. The molecule has 1 amide bonds. The Labute approximate surface area is 78.9 Å². The van der Waals surface area contributed by atoms with Crippen LogP contribution >= 0.6 is 0 Å². The first-order valence-electron chi connectivity index (χ1n) is 4.31. The van der Waals surface area contributed by atoms with E-state index in [0.29, 0.717) is 4.90 Å². The summed E-state index contributed by atoms with van der Waals surface area (Å²) < 4.78 is 48.8. The molecule has 0 bridgehead atoms. The number of hydrogen-bond donors (Lipinski definition) is 0. The molecule has 82 valence electrons. The van der Waals surface area contributed by atoms with Gasteiger partial charge in [-0.2, -0.15) is 13.2 Å². The number of nitrogens with zero attached hydrogens (tertiary/aromatic N) is 1. The van der Waals surface area contributed by atoms with Crippen LogP contribution in [0, 0.1) is 5.92 Å². The van der Waals surface area contributed by atoms with Gasteiger partial charge in [0, 0.05) is 6.54 Å². The normalized spacial score (nSPS) is 29.1. The highest BCUT2D eigenvalue weighted by Crippen LogP contribution is 2.24. The molecule has 2 atom stereocenters. The molecule has 1 heterocycles. The summed E-state index contributed by atoms with van der Waals surface area (Å²) in [5.74, 6) is -2.16. The number of piperidine rings is 1. The Kier molecular flexibility index (Phi) is 3.01. The van der Waals surface area contributed by atoms with E-state index >= 15 is 0 Å². The summed E-state index contributed by atoms with van der Waals surface area (Å²) in [6.07, 6.45) is -6.01. The van der Waals surface area contributed by atoms with Crippen molar-refractivity contribution in [3.63, 3.8) is 0 Å². The Hall–Kier alpha value is -0.810. The summed E-state index contributed by atoms with van der Waals surface area (Å²) in [6, 6.07) is 0. The topological polar surface area (TPSA) is 20.3 Å². The minimum absolute atomic E-state index is 0.0151. The third kappa shape index (κ3) is 2.59. The van der Waals surface area contributed by atoms with Crippen LogP contribution in [0.25, 0.3) is 0 Å². The van der Waals surface area contributed by atoms with Crippen LogP contribution in [0.1, 0.15) is 13.3 Å². The zero-order valence-corrected chi connectivity index (χ0v) is 7.64. The standard InChI is InChI=1S/C8H11F4NO/c1-5-2-6(9)4-13(3-5)7(14)8(10,11)12/h5-6H,2-4H2,1H3. The smallest absolute Gasteiger partial charge is 0.332 e. The minimum atomic E-state index is -4.89. The molecule has 2 unspecified atom stereocenters. The zero-order valence-electron chi connectivity index (χ0n) is 7.64. The molecule has 1 fully saturated rings. The third-order valence-electron chi connectivity index (χ3n) is 2.14. The highest BCUT2D eigenvalue weighted by molar-refractivity contribution is 5.82. The predicted molar refractivity (Wildman–Crippen MR) is 41.3 cm³/mol. The maximum absolute atomic E-state index is 12.9. The van der Waals surface area contributed by atoms with E-state index in [1.54, 1.807) is 6.92 Å². The fourth-order valence-corrected chi connectivity index (χ4v) is 1.62. The highest BCUT2D eigenvalue weighted by atomic mass is 19.4. The van der Waals surface area contributed by atoms with Gasteiger partial charge in [0.1, 0.15) is 6.17 Å². The first-order valence-corrected chi connectivity index (χ1v) is 4.31. The number of carbonyl (C=O) groups is 1. The summed E-state index contributed by atoms with van der Waals surface area (Å²) in [6.45, 7) is 1.17. The molecular formula is C8H11F4NO. The van der Waals surface area contributed by atoms with Crippen molar-refractivity contribution in [2.75, 3.05) is 13.1 Å². The van der Waals surface area contributed by atoms with Crippen LogP contribution in [0.15, 0.2) is 0 Å². The van der Waals surface area contributed by atoms with E-state index in [1.165, 1.54) is 0 Å². The lowest BCUT2D eigenvalue weighted by molar-refractivity contribution is -0.188. The van der Waals surface area contributed by atoms with Crippen molar-refractivity contribution >= 4 is 5.91 Å². The molecule has 0 radical (unpaired) electrons. The summed E-state index contributed by atoms with van der Waals surface area (Å²) in [7, 11) is 0. The van der Waals surface area contributed by atoms with Gasteiger partial charge in [-0.1, -0.05) is 6.92 Å². The van der Waals surface area contributed by atoms with Crippen molar-refractivity contribution in [2.45, 2.75) is 25.7 Å². The molecule has 0 aliphatic carbocycles. The second kappa shape index (κ2) is 3.74. The third-order valence-corrected chi connectivity index (χ3v) is 2.14. The molecule has 0 spiro atoms.